The maximum atomic E-state index is 12.5. The van der Waals surface area contributed by atoms with E-state index in [9.17, 15) is 13.2 Å². The van der Waals surface area contributed by atoms with Gasteiger partial charge in [-0.1, -0.05) is 25.0 Å². The molecule has 26 heavy (non-hydrogen) atoms. The van der Waals surface area contributed by atoms with Crippen LogP contribution in [0.4, 0.5) is 0 Å². The van der Waals surface area contributed by atoms with E-state index in [4.69, 9.17) is 16.2 Å². The Balaban J connectivity index is 2.72. The molecule has 0 saturated carbocycles. The van der Waals surface area contributed by atoms with Crippen LogP contribution in [0.5, 0.6) is 0 Å². The summed E-state index contributed by atoms with van der Waals surface area (Å²) < 4.78 is 27.4. The highest BCUT2D eigenvalue weighted by molar-refractivity contribution is 7.89. The minimum atomic E-state index is -3.81. The fourth-order valence-electron chi connectivity index (χ4n) is 2.47. The molecule has 5 N–H and O–H groups in total. The van der Waals surface area contributed by atoms with E-state index in [0.29, 0.717) is 6.42 Å². The van der Waals surface area contributed by atoms with Crippen molar-refractivity contribution in [3.05, 3.63) is 41.2 Å². The number of aliphatic carboxylic acids is 1. The van der Waals surface area contributed by atoms with Crippen molar-refractivity contribution >= 4 is 21.7 Å². The van der Waals surface area contributed by atoms with E-state index in [1.165, 1.54) is 19.9 Å². The maximum absolute atomic E-state index is 12.5. The average Bonchev–Trinajstić information content (AvgIpc) is 2.55. The molecule has 144 valence electrons. The van der Waals surface area contributed by atoms with Gasteiger partial charge in [-0.15, -0.1) is 0 Å². The lowest BCUT2D eigenvalue weighted by Gasteiger charge is -2.13. The van der Waals surface area contributed by atoms with Crippen LogP contribution in [-0.4, -0.2) is 25.2 Å². The topological polar surface area (TPSA) is 133 Å². The van der Waals surface area contributed by atoms with Crippen molar-refractivity contribution < 1.29 is 18.3 Å². The molecule has 7 nitrogen and oxygen atoms in total. The molecule has 1 aromatic rings. The molecule has 1 aromatic carbocycles. The van der Waals surface area contributed by atoms with E-state index in [1.54, 1.807) is 12.1 Å². The first-order chi connectivity index (χ1) is 12.1. The van der Waals surface area contributed by atoms with Crippen LogP contribution < -0.4 is 10.5 Å². The molecule has 1 rings (SSSR count). The quantitative estimate of drug-likeness (QED) is 0.345. The Morgan fingerprint density at radius 3 is 2.42 bits per heavy atom. The number of allylic oxidation sites excluding steroid dienone is 2. The number of hydrogen-bond acceptors (Lipinski definition) is 5. The summed E-state index contributed by atoms with van der Waals surface area (Å²) in [7, 11) is -3.81. The van der Waals surface area contributed by atoms with Crippen molar-refractivity contribution in [2.45, 2.75) is 57.3 Å². The number of nitrogens with one attached hydrogen (secondary N) is 2. The van der Waals surface area contributed by atoms with Gasteiger partial charge < -0.3 is 16.2 Å². The largest absolute Gasteiger partial charge is 0.481 e. The maximum Gasteiger partial charge on any atom is 0.303 e. The van der Waals surface area contributed by atoms with Gasteiger partial charge >= 0.3 is 5.97 Å². The Morgan fingerprint density at radius 2 is 1.85 bits per heavy atom. The summed E-state index contributed by atoms with van der Waals surface area (Å²) in [6, 6.07) is 6.66. The number of rotatable bonds is 11. The highest BCUT2D eigenvalue weighted by Gasteiger charge is 2.18. The van der Waals surface area contributed by atoms with Crippen LogP contribution in [0.25, 0.3) is 0 Å². The molecule has 0 amide bonds. The summed E-state index contributed by atoms with van der Waals surface area (Å²) in [6.07, 6.45) is 4.16. The number of benzene rings is 1. The zero-order chi connectivity index (χ0) is 19.7. The van der Waals surface area contributed by atoms with Crippen molar-refractivity contribution in [3.8, 4) is 0 Å². The van der Waals surface area contributed by atoms with Crippen LogP contribution in [0.2, 0.25) is 0 Å². The predicted molar refractivity (Wildman–Crippen MR) is 101 cm³/mol. The summed E-state index contributed by atoms with van der Waals surface area (Å²) in [5.74, 6) is -0.781. The molecule has 0 unspecified atom stereocenters. The van der Waals surface area contributed by atoms with Crippen LogP contribution in [0.1, 0.15) is 51.5 Å². The zero-order valence-corrected chi connectivity index (χ0v) is 16.0. The van der Waals surface area contributed by atoms with Gasteiger partial charge in [0.2, 0.25) is 0 Å². The Labute approximate surface area is 154 Å². The third-order valence-corrected chi connectivity index (χ3v) is 5.17. The number of carboxylic acids is 1. The lowest BCUT2D eigenvalue weighted by molar-refractivity contribution is -0.137. The van der Waals surface area contributed by atoms with E-state index < -0.39 is 16.0 Å². The molecule has 0 aliphatic carbocycles. The van der Waals surface area contributed by atoms with E-state index in [1.807, 2.05) is 6.07 Å². The first-order valence-electron chi connectivity index (χ1n) is 8.49. The monoisotopic (exact) mass is 381 g/mol. The molecule has 8 heteroatoms. The fraction of sp³-hybridized carbons (Fsp3) is 0.444. The number of carbonyl (C=O) groups is 1. The van der Waals surface area contributed by atoms with Gasteiger partial charge in [0.15, 0.2) is 0 Å². The molecule has 0 atom stereocenters. The minimum Gasteiger partial charge on any atom is -0.481 e. The predicted octanol–water partition coefficient (Wildman–Crippen LogP) is 2.77. The molecule has 0 saturated heterocycles. The lowest BCUT2D eigenvalue weighted by atomic mass is 10.1. The van der Waals surface area contributed by atoms with Crippen LogP contribution in [0.15, 0.2) is 40.6 Å². The molecule has 0 spiro atoms. The highest BCUT2D eigenvalue weighted by atomic mass is 32.2. The zero-order valence-electron chi connectivity index (χ0n) is 15.2. The molecule has 0 radical (unpaired) electrons. The second kappa shape index (κ2) is 9.96. The van der Waals surface area contributed by atoms with Crippen molar-refractivity contribution in [1.82, 2.24) is 4.72 Å². The molecule has 0 bridgehead atoms. The van der Waals surface area contributed by atoms with Crippen molar-refractivity contribution in [3.63, 3.8) is 0 Å². The van der Waals surface area contributed by atoms with E-state index in [0.717, 1.165) is 31.2 Å². The van der Waals surface area contributed by atoms with E-state index in [2.05, 4.69) is 4.72 Å². The highest BCUT2D eigenvalue weighted by Crippen LogP contribution is 2.16. The van der Waals surface area contributed by atoms with Gasteiger partial charge in [0.1, 0.15) is 0 Å². The van der Waals surface area contributed by atoms with Gasteiger partial charge in [0, 0.05) is 12.1 Å². The van der Waals surface area contributed by atoms with Crippen LogP contribution >= 0.6 is 0 Å². The Kier molecular flexibility index (Phi) is 8.31. The normalized spacial score (nSPS) is 12.4. The average molecular weight is 381 g/mol. The van der Waals surface area contributed by atoms with Crippen LogP contribution in [-0.2, 0) is 21.2 Å². The van der Waals surface area contributed by atoms with Crippen molar-refractivity contribution in [2.75, 3.05) is 0 Å². The number of aryl methyl sites for hydroxylation is 1. The Morgan fingerprint density at radius 1 is 1.19 bits per heavy atom. The number of carboxylic acid groups (broad SMARTS) is 1. The van der Waals surface area contributed by atoms with Crippen molar-refractivity contribution in [2.24, 2.45) is 5.73 Å². The standard InChI is InChI=1S/C18H27N3O4S/c1-13(19)18(14(2)20)21-26(24,25)16-10-7-9-15(12-16)8-5-3-4-6-11-17(22)23/h7,9-10,12,19,21H,3-6,8,11,20H2,1-2H3,(H,22,23). The lowest BCUT2D eigenvalue weighted by Crippen LogP contribution is -2.29. The second-order valence-corrected chi connectivity index (χ2v) is 7.93. The molecule has 0 aliphatic heterocycles. The SMILES string of the molecule is CC(=N)C(NS(=O)(=O)c1cccc(CCCCCCC(=O)O)c1)=C(C)N. The van der Waals surface area contributed by atoms with E-state index >= 15 is 0 Å². The van der Waals surface area contributed by atoms with Gasteiger partial charge in [-0.3, -0.25) is 9.52 Å². The van der Waals surface area contributed by atoms with Gasteiger partial charge in [-0.25, -0.2) is 8.42 Å². The summed E-state index contributed by atoms with van der Waals surface area (Å²) in [6.45, 7) is 3.01. The third-order valence-electron chi connectivity index (χ3n) is 3.82. The van der Waals surface area contributed by atoms with Gasteiger partial charge in [-0.2, -0.15) is 0 Å². The van der Waals surface area contributed by atoms with Gasteiger partial charge in [-0.05, 0) is 50.8 Å². The van der Waals surface area contributed by atoms with E-state index in [-0.39, 0.29) is 28.4 Å². The number of unbranched alkanes of at least 4 members (excludes halogenated alkanes) is 3. The second-order valence-electron chi connectivity index (χ2n) is 6.24. The smallest absolute Gasteiger partial charge is 0.303 e. The molecule has 0 heterocycles. The molecular formula is C18H27N3O4S. The van der Waals surface area contributed by atoms with Gasteiger partial charge in [0.25, 0.3) is 10.0 Å². The third kappa shape index (κ3) is 7.26. The number of hydrogen-bond donors (Lipinski definition) is 4. The summed E-state index contributed by atoms with van der Waals surface area (Å²) in [5.41, 5.74) is 6.92. The minimum absolute atomic E-state index is 0.0473. The molecule has 0 fully saturated rings. The summed E-state index contributed by atoms with van der Waals surface area (Å²) in [5, 5.41) is 16.2. The number of nitrogens with two attached hydrogens (primary N) is 1. The van der Waals surface area contributed by atoms with Crippen molar-refractivity contribution in [1.29, 1.82) is 5.41 Å². The first kappa shape index (κ1) is 21.7. The molecule has 0 aliphatic rings. The van der Waals surface area contributed by atoms with Crippen LogP contribution in [0, 0.1) is 5.41 Å². The Hall–Kier alpha value is -2.35. The Bertz CT molecular complexity index is 781. The van der Waals surface area contributed by atoms with Crippen LogP contribution in [0.3, 0.4) is 0 Å². The van der Waals surface area contributed by atoms with Gasteiger partial charge in [0.05, 0.1) is 16.3 Å². The summed E-state index contributed by atoms with van der Waals surface area (Å²) >= 11 is 0. The number of sulfonamides is 1. The molecular weight excluding hydrogens is 354 g/mol. The first-order valence-corrected chi connectivity index (χ1v) is 9.97. The fourth-order valence-corrected chi connectivity index (χ4v) is 3.74. The summed E-state index contributed by atoms with van der Waals surface area (Å²) in [4.78, 5) is 10.6. The molecule has 0 aromatic heterocycles.